The zero-order valence-electron chi connectivity index (χ0n) is 16.5. The van der Waals surface area contributed by atoms with Crippen molar-refractivity contribution in [2.45, 2.75) is 24.3 Å². The number of carbonyl (C=O) groups is 2. The zero-order valence-corrected chi connectivity index (χ0v) is 17.3. The van der Waals surface area contributed by atoms with E-state index >= 15 is 0 Å². The monoisotopic (exact) mass is 415 g/mol. The van der Waals surface area contributed by atoms with Crippen molar-refractivity contribution in [1.82, 2.24) is 14.9 Å². The van der Waals surface area contributed by atoms with E-state index in [2.05, 4.69) is 10.0 Å². The van der Waals surface area contributed by atoms with E-state index in [4.69, 9.17) is 0 Å². The number of benzene rings is 2. The molecule has 0 heterocycles. The molecular formula is C21H25N3O4S. The second kappa shape index (κ2) is 8.75. The van der Waals surface area contributed by atoms with E-state index in [0.717, 1.165) is 18.4 Å². The first kappa shape index (κ1) is 21.0. The maximum Gasteiger partial charge on any atom is 0.253 e. The predicted octanol–water partition coefficient (Wildman–Crippen LogP) is 2.01. The van der Waals surface area contributed by atoms with Crippen molar-refractivity contribution in [3.05, 3.63) is 65.2 Å². The van der Waals surface area contributed by atoms with Crippen LogP contribution in [0.4, 0.5) is 0 Å². The maximum atomic E-state index is 12.5. The van der Waals surface area contributed by atoms with Crippen LogP contribution in [0.3, 0.4) is 0 Å². The largest absolute Gasteiger partial charge is 0.348 e. The second-order valence-corrected chi connectivity index (χ2v) is 9.17. The van der Waals surface area contributed by atoms with Gasteiger partial charge in [-0.2, -0.15) is 0 Å². The van der Waals surface area contributed by atoms with Crippen molar-refractivity contribution in [3.63, 3.8) is 0 Å². The molecule has 0 unspecified atom stereocenters. The molecule has 3 rings (SSSR count). The highest BCUT2D eigenvalue weighted by atomic mass is 32.2. The van der Waals surface area contributed by atoms with Gasteiger partial charge in [0.1, 0.15) is 0 Å². The Balaban J connectivity index is 1.65. The number of nitrogens with zero attached hydrogens (tertiary/aromatic N) is 1. The van der Waals surface area contributed by atoms with E-state index in [1.54, 1.807) is 44.4 Å². The summed E-state index contributed by atoms with van der Waals surface area (Å²) in [5, 5.41) is 2.77. The van der Waals surface area contributed by atoms with E-state index in [0.29, 0.717) is 18.0 Å². The molecule has 0 aromatic heterocycles. The van der Waals surface area contributed by atoms with Crippen molar-refractivity contribution in [2.75, 3.05) is 20.6 Å². The van der Waals surface area contributed by atoms with Gasteiger partial charge in [0.15, 0.2) is 0 Å². The van der Waals surface area contributed by atoms with Crippen molar-refractivity contribution >= 4 is 21.8 Å². The molecule has 2 amide bonds. The molecule has 2 N–H and O–H groups in total. The van der Waals surface area contributed by atoms with Crippen molar-refractivity contribution < 1.29 is 18.0 Å². The molecule has 2 aromatic rings. The summed E-state index contributed by atoms with van der Waals surface area (Å²) in [6.45, 7) is 0.658. The predicted molar refractivity (Wildman–Crippen MR) is 110 cm³/mol. The first-order valence-electron chi connectivity index (χ1n) is 9.45. The molecule has 29 heavy (non-hydrogen) atoms. The van der Waals surface area contributed by atoms with Gasteiger partial charge in [0.05, 0.1) is 4.90 Å². The van der Waals surface area contributed by atoms with Gasteiger partial charge in [0.2, 0.25) is 10.0 Å². The van der Waals surface area contributed by atoms with Gasteiger partial charge < -0.3 is 10.2 Å². The van der Waals surface area contributed by atoms with Crippen LogP contribution >= 0.6 is 0 Å². The summed E-state index contributed by atoms with van der Waals surface area (Å²) in [5.41, 5.74) is 1.58. The Morgan fingerprint density at radius 3 is 2.41 bits per heavy atom. The molecule has 2 aromatic carbocycles. The average molecular weight is 416 g/mol. The summed E-state index contributed by atoms with van der Waals surface area (Å²) in [4.78, 5) is 26.1. The zero-order chi connectivity index (χ0) is 21.0. The van der Waals surface area contributed by atoms with Gasteiger partial charge in [-0.25, -0.2) is 13.1 Å². The lowest BCUT2D eigenvalue weighted by atomic mass is 10.1. The number of amides is 2. The van der Waals surface area contributed by atoms with Gasteiger partial charge in [-0.15, -0.1) is 0 Å². The lowest BCUT2D eigenvalue weighted by Gasteiger charge is -2.12. The molecule has 1 saturated carbocycles. The average Bonchev–Trinajstić information content (AvgIpc) is 3.55. The van der Waals surface area contributed by atoms with Crippen molar-refractivity contribution in [2.24, 2.45) is 5.92 Å². The van der Waals surface area contributed by atoms with Crippen LogP contribution in [-0.4, -0.2) is 45.8 Å². The van der Waals surface area contributed by atoms with E-state index < -0.39 is 10.0 Å². The molecule has 1 aliphatic carbocycles. The normalized spacial score (nSPS) is 13.7. The van der Waals surface area contributed by atoms with Gasteiger partial charge in [0, 0.05) is 38.3 Å². The smallest absolute Gasteiger partial charge is 0.253 e. The Labute approximate surface area is 171 Å². The highest BCUT2D eigenvalue weighted by Gasteiger charge is 2.24. The third-order valence-corrected chi connectivity index (χ3v) is 6.12. The van der Waals surface area contributed by atoms with Crippen LogP contribution in [0.1, 0.15) is 39.1 Å². The van der Waals surface area contributed by atoms with E-state index in [1.165, 1.54) is 17.0 Å². The Kier molecular flexibility index (Phi) is 6.34. The minimum absolute atomic E-state index is 0.0735. The summed E-state index contributed by atoms with van der Waals surface area (Å²) in [7, 11) is -0.278. The lowest BCUT2D eigenvalue weighted by Crippen LogP contribution is -2.27. The standard InChI is InChI=1S/C21H25N3O4S/c1-24(2)21(26)18-7-3-5-16(11-18)13-22-20(25)17-6-4-8-19(12-17)29(27,28)23-14-15-9-10-15/h3-8,11-12,15,23H,9-10,13-14H2,1-2H3,(H,22,25). The van der Waals surface area contributed by atoms with Crippen LogP contribution in [0.25, 0.3) is 0 Å². The number of sulfonamides is 1. The lowest BCUT2D eigenvalue weighted by molar-refractivity contribution is 0.0827. The summed E-state index contributed by atoms with van der Waals surface area (Å²) in [5.74, 6) is -0.0743. The number of hydrogen-bond acceptors (Lipinski definition) is 4. The summed E-state index contributed by atoms with van der Waals surface area (Å²) < 4.78 is 27.4. The van der Waals surface area contributed by atoms with Gasteiger partial charge in [-0.05, 0) is 54.7 Å². The molecule has 0 saturated heterocycles. The van der Waals surface area contributed by atoms with Crippen LogP contribution in [0.5, 0.6) is 0 Å². The van der Waals surface area contributed by atoms with Crippen LogP contribution in [0.2, 0.25) is 0 Å². The van der Waals surface area contributed by atoms with Crippen LogP contribution < -0.4 is 10.0 Å². The molecule has 7 nitrogen and oxygen atoms in total. The number of nitrogens with one attached hydrogen (secondary N) is 2. The molecular weight excluding hydrogens is 390 g/mol. The highest BCUT2D eigenvalue weighted by Crippen LogP contribution is 2.28. The Bertz CT molecular complexity index is 1010. The molecule has 0 aliphatic heterocycles. The third-order valence-electron chi connectivity index (χ3n) is 4.70. The molecule has 0 spiro atoms. The third kappa shape index (κ3) is 5.65. The van der Waals surface area contributed by atoms with Crippen LogP contribution in [-0.2, 0) is 16.6 Å². The number of hydrogen-bond donors (Lipinski definition) is 2. The highest BCUT2D eigenvalue weighted by molar-refractivity contribution is 7.89. The fourth-order valence-corrected chi connectivity index (χ4v) is 3.96. The van der Waals surface area contributed by atoms with Crippen LogP contribution in [0, 0.1) is 5.92 Å². The van der Waals surface area contributed by atoms with Crippen molar-refractivity contribution in [3.8, 4) is 0 Å². The Morgan fingerprint density at radius 1 is 1.03 bits per heavy atom. The quantitative estimate of drug-likeness (QED) is 0.689. The minimum Gasteiger partial charge on any atom is -0.348 e. The topological polar surface area (TPSA) is 95.6 Å². The van der Waals surface area contributed by atoms with Gasteiger partial charge in [-0.1, -0.05) is 18.2 Å². The van der Waals surface area contributed by atoms with Gasteiger partial charge in [0.25, 0.3) is 11.8 Å². The SMILES string of the molecule is CN(C)C(=O)c1cccc(CNC(=O)c2cccc(S(=O)(=O)NCC3CC3)c2)c1. The summed E-state index contributed by atoms with van der Waals surface area (Å²) in [6, 6.07) is 13.0. The fraction of sp³-hybridized carbons (Fsp3) is 0.333. The van der Waals surface area contributed by atoms with E-state index in [1.807, 2.05) is 6.07 Å². The van der Waals surface area contributed by atoms with Crippen molar-refractivity contribution in [1.29, 1.82) is 0 Å². The summed E-state index contributed by atoms with van der Waals surface area (Å²) >= 11 is 0. The van der Waals surface area contributed by atoms with E-state index in [9.17, 15) is 18.0 Å². The minimum atomic E-state index is -3.63. The first-order chi connectivity index (χ1) is 13.8. The second-order valence-electron chi connectivity index (χ2n) is 7.41. The first-order valence-corrected chi connectivity index (χ1v) is 10.9. The fourth-order valence-electron chi connectivity index (χ4n) is 2.79. The molecule has 0 bridgehead atoms. The molecule has 154 valence electrons. The Morgan fingerprint density at radius 2 is 1.72 bits per heavy atom. The molecule has 8 heteroatoms. The molecule has 0 radical (unpaired) electrons. The summed E-state index contributed by atoms with van der Waals surface area (Å²) in [6.07, 6.45) is 2.10. The number of carbonyl (C=O) groups excluding carboxylic acids is 2. The molecule has 1 fully saturated rings. The van der Waals surface area contributed by atoms with E-state index in [-0.39, 0.29) is 28.8 Å². The number of rotatable bonds is 8. The maximum absolute atomic E-state index is 12.5. The molecule has 0 atom stereocenters. The van der Waals surface area contributed by atoms with Crippen LogP contribution in [0.15, 0.2) is 53.4 Å². The molecule has 1 aliphatic rings. The van der Waals surface area contributed by atoms with Gasteiger partial charge >= 0.3 is 0 Å². The Hall–Kier alpha value is -2.71. The van der Waals surface area contributed by atoms with Gasteiger partial charge in [-0.3, -0.25) is 9.59 Å².